The third kappa shape index (κ3) is 4.72. The number of nitrogens with one attached hydrogen (secondary N) is 2. The first-order valence-corrected chi connectivity index (χ1v) is 11.8. The zero-order chi connectivity index (χ0) is 21.5. The fourth-order valence-electron chi connectivity index (χ4n) is 3.33. The molecule has 0 radical (unpaired) electrons. The van der Waals surface area contributed by atoms with Crippen LogP contribution in [-0.4, -0.2) is 19.3 Å². The van der Waals surface area contributed by atoms with Crippen LogP contribution in [0.3, 0.4) is 0 Å². The second-order valence-corrected chi connectivity index (χ2v) is 9.95. The van der Waals surface area contributed by atoms with E-state index >= 15 is 0 Å². The molecule has 4 rings (SSSR count). The van der Waals surface area contributed by atoms with Crippen LogP contribution < -0.4 is 4.72 Å². The summed E-state index contributed by atoms with van der Waals surface area (Å²) < 4.78 is 26.4. The molecule has 1 saturated carbocycles. The number of amides is 1. The largest absolute Gasteiger partial charge is 0.358 e. The van der Waals surface area contributed by atoms with Gasteiger partial charge >= 0.3 is 0 Å². The van der Waals surface area contributed by atoms with Crippen molar-refractivity contribution in [3.05, 3.63) is 80.3 Å². The predicted molar refractivity (Wildman–Crippen MR) is 121 cm³/mol. The van der Waals surface area contributed by atoms with E-state index in [1.165, 1.54) is 0 Å². The Hall–Kier alpha value is -2.28. The van der Waals surface area contributed by atoms with Crippen molar-refractivity contribution in [3.8, 4) is 0 Å². The van der Waals surface area contributed by atoms with Crippen LogP contribution >= 0.6 is 23.2 Å². The minimum absolute atomic E-state index is 0.272. The summed E-state index contributed by atoms with van der Waals surface area (Å²) in [5.41, 5.74) is 3.98. The molecule has 0 saturated heterocycles. The molecular weight excluding hydrogens is 443 g/mol. The first-order valence-electron chi connectivity index (χ1n) is 9.52. The van der Waals surface area contributed by atoms with E-state index in [2.05, 4.69) is 9.71 Å². The van der Waals surface area contributed by atoms with Crippen LogP contribution in [0.5, 0.6) is 0 Å². The fourth-order valence-corrected chi connectivity index (χ4v) is 4.68. The van der Waals surface area contributed by atoms with E-state index in [0.717, 1.165) is 46.0 Å². The number of carbonyl (C=O) groups is 1. The van der Waals surface area contributed by atoms with Crippen molar-refractivity contribution in [3.63, 3.8) is 0 Å². The van der Waals surface area contributed by atoms with Crippen LogP contribution in [-0.2, 0) is 16.4 Å². The van der Waals surface area contributed by atoms with Gasteiger partial charge in [-0.3, -0.25) is 4.79 Å². The molecule has 2 N–H and O–H groups in total. The summed E-state index contributed by atoms with van der Waals surface area (Å²) in [5.74, 6) is -0.357. The molecule has 1 heterocycles. The Balaban J connectivity index is 1.63. The average molecular weight is 463 g/mol. The standard InChI is InChI=1S/C22H20Cl2N2O3S/c1-13-18(10-15-4-6-17(23)12-20(15)24)19-11-16(5-7-21(19)25-13)22(27)26-30(28,29)9-8-14-2-3-14/h4-9,11-12,14,25H,2-3,10H2,1H3,(H,26,27)/b9-8+. The number of hydrogen-bond donors (Lipinski definition) is 2. The number of benzene rings is 2. The lowest BCUT2D eigenvalue weighted by Gasteiger charge is -2.07. The number of hydrogen-bond acceptors (Lipinski definition) is 3. The van der Waals surface area contributed by atoms with Gasteiger partial charge in [0.2, 0.25) is 0 Å². The van der Waals surface area contributed by atoms with E-state index in [4.69, 9.17) is 23.2 Å². The summed E-state index contributed by atoms with van der Waals surface area (Å²) >= 11 is 12.3. The third-order valence-corrected chi connectivity index (χ3v) is 6.72. The lowest BCUT2D eigenvalue weighted by Crippen LogP contribution is -2.28. The Morgan fingerprint density at radius 2 is 1.97 bits per heavy atom. The second kappa shape index (κ2) is 8.10. The van der Waals surface area contributed by atoms with Crippen molar-refractivity contribution in [1.29, 1.82) is 0 Å². The van der Waals surface area contributed by atoms with Gasteiger partial charge in [-0.15, -0.1) is 0 Å². The highest BCUT2D eigenvalue weighted by molar-refractivity contribution is 7.92. The molecule has 2 aromatic carbocycles. The minimum Gasteiger partial charge on any atom is -0.358 e. The van der Waals surface area contributed by atoms with Crippen LogP contribution in [0.15, 0.2) is 47.9 Å². The van der Waals surface area contributed by atoms with Crippen molar-refractivity contribution >= 4 is 50.0 Å². The molecule has 8 heteroatoms. The Bertz CT molecular complexity index is 1280. The number of carbonyl (C=O) groups excluding carboxylic acids is 1. The molecule has 1 aliphatic rings. The average Bonchev–Trinajstić information content (AvgIpc) is 3.45. The molecule has 5 nitrogen and oxygen atoms in total. The zero-order valence-electron chi connectivity index (χ0n) is 16.2. The minimum atomic E-state index is -3.82. The van der Waals surface area contributed by atoms with Crippen LogP contribution in [0.4, 0.5) is 0 Å². The number of aromatic nitrogens is 1. The van der Waals surface area contributed by atoms with Gasteiger partial charge in [-0.1, -0.05) is 35.3 Å². The van der Waals surface area contributed by atoms with Gasteiger partial charge in [0.15, 0.2) is 0 Å². The SMILES string of the molecule is Cc1[nH]c2ccc(C(=O)NS(=O)(=O)/C=C/C3CC3)cc2c1Cc1ccc(Cl)cc1Cl. The van der Waals surface area contributed by atoms with Crippen LogP contribution in [0.2, 0.25) is 10.0 Å². The molecule has 1 fully saturated rings. The molecule has 30 heavy (non-hydrogen) atoms. The molecule has 0 aliphatic heterocycles. The van der Waals surface area contributed by atoms with Crippen molar-refractivity contribution in [2.75, 3.05) is 0 Å². The summed E-state index contributed by atoms with van der Waals surface area (Å²) in [6, 6.07) is 10.4. The maximum Gasteiger partial charge on any atom is 0.265 e. The van der Waals surface area contributed by atoms with Crippen molar-refractivity contribution in [2.45, 2.75) is 26.2 Å². The van der Waals surface area contributed by atoms with Gasteiger partial charge in [-0.25, -0.2) is 13.1 Å². The molecule has 156 valence electrons. The highest BCUT2D eigenvalue weighted by Crippen LogP contribution is 2.31. The second-order valence-electron chi connectivity index (χ2n) is 7.54. The highest BCUT2D eigenvalue weighted by atomic mass is 35.5. The number of allylic oxidation sites excluding steroid dienone is 1. The van der Waals surface area contributed by atoms with E-state index in [0.29, 0.717) is 22.4 Å². The highest BCUT2D eigenvalue weighted by Gasteiger charge is 2.20. The molecule has 0 bridgehead atoms. The first-order chi connectivity index (χ1) is 14.2. The van der Waals surface area contributed by atoms with Crippen molar-refractivity contribution < 1.29 is 13.2 Å². The topological polar surface area (TPSA) is 79.0 Å². The quantitative estimate of drug-likeness (QED) is 0.517. The Morgan fingerprint density at radius 1 is 1.20 bits per heavy atom. The van der Waals surface area contributed by atoms with Gasteiger partial charge in [0.1, 0.15) is 0 Å². The molecular formula is C22H20Cl2N2O3S. The number of fused-ring (bicyclic) bond motifs is 1. The van der Waals surface area contributed by atoms with E-state index in [9.17, 15) is 13.2 Å². The Morgan fingerprint density at radius 3 is 2.67 bits per heavy atom. The summed E-state index contributed by atoms with van der Waals surface area (Å²) in [7, 11) is -3.82. The Kier molecular flexibility index (Phi) is 5.66. The molecule has 1 aromatic heterocycles. The zero-order valence-corrected chi connectivity index (χ0v) is 18.5. The number of rotatable bonds is 6. The summed E-state index contributed by atoms with van der Waals surface area (Å²) in [6.07, 6.45) is 4.16. The lowest BCUT2D eigenvalue weighted by atomic mass is 10.0. The maximum atomic E-state index is 12.6. The predicted octanol–water partition coefficient (Wildman–Crippen LogP) is 5.36. The monoisotopic (exact) mass is 462 g/mol. The van der Waals surface area contributed by atoms with Crippen LogP contribution in [0.25, 0.3) is 10.9 Å². The van der Waals surface area contributed by atoms with Gasteiger partial charge in [-0.05, 0) is 67.1 Å². The lowest BCUT2D eigenvalue weighted by molar-refractivity contribution is 0.0982. The van der Waals surface area contributed by atoms with E-state index in [-0.39, 0.29) is 5.56 Å². The van der Waals surface area contributed by atoms with Gasteiger partial charge in [0.05, 0.1) is 0 Å². The number of sulfonamides is 1. The number of halogens is 2. The van der Waals surface area contributed by atoms with Crippen LogP contribution in [0, 0.1) is 12.8 Å². The first kappa shape index (κ1) is 21.0. The smallest absolute Gasteiger partial charge is 0.265 e. The van der Waals surface area contributed by atoms with Gasteiger partial charge in [0, 0.05) is 44.0 Å². The van der Waals surface area contributed by atoms with E-state index < -0.39 is 15.9 Å². The summed E-state index contributed by atoms with van der Waals surface area (Å²) in [6.45, 7) is 1.95. The van der Waals surface area contributed by atoms with Crippen LogP contribution in [0.1, 0.15) is 40.0 Å². The number of aromatic amines is 1. The van der Waals surface area contributed by atoms with Crippen molar-refractivity contribution in [2.24, 2.45) is 5.92 Å². The van der Waals surface area contributed by atoms with E-state index in [1.807, 2.05) is 13.0 Å². The normalized spacial score (nSPS) is 14.5. The number of H-pyrrole nitrogens is 1. The molecule has 1 amide bonds. The fraction of sp³-hybridized carbons (Fsp3) is 0.227. The summed E-state index contributed by atoms with van der Waals surface area (Å²) in [4.78, 5) is 15.9. The molecule has 1 aliphatic carbocycles. The van der Waals surface area contributed by atoms with Gasteiger partial charge in [0.25, 0.3) is 15.9 Å². The van der Waals surface area contributed by atoms with Gasteiger partial charge < -0.3 is 4.98 Å². The molecule has 0 spiro atoms. The molecule has 3 aromatic rings. The summed E-state index contributed by atoms with van der Waals surface area (Å²) in [5, 5.41) is 3.06. The van der Waals surface area contributed by atoms with E-state index in [1.54, 1.807) is 36.4 Å². The van der Waals surface area contributed by atoms with Gasteiger partial charge in [-0.2, -0.15) is 0 Å². The number of aryl methyl sites for hydroxylation is 1. The molecule has 0 atom stereocenters. The maximum absolute atomic E-state index is 12.6. The Labute approximate surface area is 185 Å². The molecule has 0 unspecified atom stereocenters. The third-order valence-electron chi connectivity index (χ3n) is 5.15. The van der Waals surface area contributed by atoms with Crippen molar-refractivity contribution in [1.82, 2.24) is 9.71 Å².